The van der Waals surface area contributed by atoms with Crippen molar-refractivity contribution in [2.75, 3.05) is 13.1 Å². The van der Waals surface area contributed by atoms with Crippen LogP contribution in [0.4, 0.5) is 9.18 Å². The van der Waals surface area contributed by atoms with Crippen LogP contribution in [0.25, 0.3) is 10.1 Å². The van der Waals surface area contributed by atoms with Crippen molar-refractivity contribution in [1.29, 1.82) is 0 Å². The molecule has 0 saturated carbocycles. The second-order valence-electron chi connectivity index (χ2n) is 6.41. The standard InChI is InChI=1S/C16H18FNO2S/c1-16(2,3)20-15(19)18-7-10(8-18)13-9-21-14-6-11(17)4-5-12(13)14/h4-6,9-10H,7-8H2,1-3H3. The molecule has 3 rings (SSSR count). The average molecular weight is 307 g/mol. The zero-order chi connectivity index (χ0) is 15.2. The molecule has 0 spiro atoms. The van der Waals surface area contributed by atoms with Crippen molar-refractivity contribution in [3.8, 4) is 0 Å². The summed E-state index contributed by atoms with van der Waals surface area (Å²) >= 11 is 1.55. The SMILES string of the molecule is CC(C)(C)OC(=O)N1CC(c2csc3cc(F)ccc23)C1. The van der Waals surface area contributed by atoms with E-state index in [1.54, 1.807) is 22.3 Å². The first-order valence-corrected chi connectivity index (χ1v) is 7.86. The number of carbonyl (C=O) groups excluding carboxylic acids is 1. The van der Waals surface area contributed by atoms with Gasteiger partial charge in [-0.25, -0.2) is 9.18 Å². The molecule has 1 aliphatic rings. The highest BCUT2D eigenvalue weighted by Crippen LogP contribution is 2.36. The predicted molar refractivity (Wildman–Crippen MR) is 82.3 cm³/mol. The number of hydrogen-bond acceptors (Lipinski definition) is 3. The largest absolute Gasteiger partial charge is 0.444 e. The third-order valence-corrected chi connectivity index (χ3v) is 4.50. The summed E-state index contributed by atoms with van der Waals surface area (Å²) in [5.41, 5.74) is 0.740. The summed E-state index contributed by atoms with van der Waals surface area (Å²) in [6.07, 6.45) is -0.260. The quantitative estimate of drug-likeness (QED) is 0.782. The fraction of sp³-hybridized carbons (Fsp3) is 0.438. The Morgan fingerprint density at radius 3 is 2.76 bits per heavy atom. The van der Waals surface area contributed by atoms with E-state index in [0.29, 0.717) is 19.0 Å². The topological polar surface area (TPSA) is 29.5 Å². The Kier molecular flexibility index (Phi) is 3.40. The number of amides is 1. The van der Waals surface area contributed by atoms with Gasteiger partial charge in [0.05, 0.1) is 0 Å². The van der Waals surface area contributed by atoms with E-state index < -0.39 is 5.60 Å². The van der Waals surface area contributed by atoms with Crippen molar-refractivity contribution < 1.29 is 13.9 Å². The Hall–Kier alpha value is -1.62. The molecule has 1 amide bonds. The van der Waals surface area contributed by atoms with Crippen molar-refractivity contribution in [2.24, 2.45) is 0 Å². The fourth-order valence-corrected chi connectivity index (χ4v) is 3.56. The molecule has 112 valence electrons. The number of benzene rings is 1. The van der Waals surface area contributed by atoms with Gasteiger partial charge in [0, 0.05) is 23.7 Å². The molecule has 3 nitrogen and oxygen atoms in total. The molecular formula is C16H18FNO2S. The first-order chi connectivity index (χ1) is 9.83. The molecule has 0 atom stereocenters. The summed E-state index contributed by atoms with van der Waals surface area (Å²) in [6, 6.07) is 4.88. The number of thiophene rings is 1. The summed E-state index contributed by atoms with van der Waals surface area (Å²) in [6.45, 7) is 6.92. The van der Waals surface area contributed by atoms with E-state index in [2.05, 4.69) is 5.38 Å². The van der Waals surface area contributed by atoms with Gasteiger partial charge in [-0.05, 0) is 49.2 Å². The smallest absolute Gasteiger partial charge is 0.410 e. The van der Waals surface area contributed by atoms with Gasteiger partial charge in [0.25, 0.3) is 0 Å². The van der Waals surface area contributed by atoms with E-state index in [4.69, 9.17) is 4.74 Å². The molecule has 2 aromatic rings. The van der Waals surface area contributed by atoms with Gasteiger partial charge in [0.2, 0.25) is 0 Å². The number of carbonyl (C=O) groups is 1. The fourth-order valence-electron chi connectivity index (χ4n) is 2.49. The minimum Gasteiger partial charge on any atom is -0.444 e. The molecular weight excluding hydrogens is 289 g/mol. The first kappa shape index (κ1) is 14.3. The van der Waals surface area contributed by atoms with E-state index in [1.165, 1.54) is 11.6 Å². The van der Waals surface area contributed by atoms with Crippen molar-refractivity contribution in [2.45, 2.75) is 32.3 Å². The third-order valence-electron chi connectivity index (χ3n) is 3.54. The lowest BCUT2D eigenvalue weighted by Gasteiger charge is -2.39. The minimum atomic E-state index is -0.464. The van der Waals surface area contributed by atoms with Gasteiger partial charge in [0.1, 0.15) is 11.4 Å². The highest BCUT2D eigenvalue weighted by molar-refractivity contribution is 7.17. The number of ether oxygens (including phenoxy) is 1. The lowest BCUT2D eigenvalue weighted by Crippen LogP contribution is -2.50. The molecule has 1 aromatic carbocycles. The molecule has 2 heterocycles. The maximum atomic E-state index is 13.2. The first-order valence-electron chi connectivity index (χ1n) is 6.98. The molecule has 1 aromatic heterocycles. The van der Waals surface area contributed by atoms with Crippen molar-refractivity contribution >= 4 is 27.5 Å². The Morgan fingerprint density at radius 2 is 2.10 bits per heavy atom. The molecule has 0 aliphatic carbocycles. The number of halogens is 1. The van der Waals surface area contributed by atoms with Crippen LogP contribution in [0, 0.1) is 5.82 Å². The molecule has 0 N–H and O–H groups in total. The third kappa shape index (κ3) is 2.88. The summed E-state index contributed by atoms with van der Waals surface area (Å²) in [4.78, 5) is 13.6. The highest BCUT2D eigenvalue weighted by Gasteiger charge is 2.35. The summed E-state index contributed by atoms with van der Waals surface area (Å²) in [7, 11) is 0. The highest BCUT2D eigenvalue weighted by atomic mass is 32.1. The molecule has 0 bridgehead atoms. The summed E-state index contributed by atoms with van der Waals surface area (Å²) < 4.78 is 19.5. The molecule has 5 heteroatoms. The van der Waals surface area contributed by atoms with Crippen LogP contribution >= 0.6 is 11.3 Å². The monoisotopic (exact) mass is 307 g/mol. The van der Waals surface area contributed by atoms with Crippen molar-refractivity contribution in [1.82, 2.24) is 4.90 Å². The average Bonchev–Trinajstić information content (AvgIpc) is 2.67. The van der Waals surface area contributed by atoms with Crippen molar-refractivity contribution in [3.63, 3.8) is 0 Å². The van der Waals surface area contributed by atoms with Crippen LogP contribution in [-0.4, -0.2) is 29.7 Å². The van der Waals surface area contributed by atoms with Crippen molar-refractivity contribution in [3.05, 3.63) is 35.0 Å². The number of hydrogen-bond donors (Lipinski definition) is 0. The van der Waals surface area contributed by atoms with Crippen LogP contribution in [0.5, 0.6) is 0 Å². The van der Waals surface area contributed by atoms with E-state index in [9.17, 15) is 9.18 Å². The van der Waals surface area contributed by atoms with E-state index in [1.807, 2.05) is 26.8 Å². The number of rotatable bonds is 1. The molecule has 1 saturated heterocycles. The molecule has 0 radical (unpaired) electrons. The minimum absolute atomic E-state index is 0.208. The lowest BCUT2D eigenvalue weighted by molar-refractivity contribution is 0.00833. The zero-order valence-corrected chi connectivity index (χ0v) is 13.2. The lowest BCUT2D eigenvalue weighted by atomic mass is 9.91. The number of likely N-dealkylation sites (tertiary alicyclic amines) is 1. The van der Waals surface area contributed by atoms with E-state index in [0.717, 1.165) is 10.1 Å². The second kappa shape index (κ2) is 4.98. The van der Waals surface area contributed by atoms with E-state index in [-0.39, 0.29) is 11.9 Å². The summed E-state index contributed by atoms with van der Waals surface area (Å²) in [5.74, 6) is 0.108. The van der Waals surface area contributed by atoms with Gasteiger partial charge < -0.3 is 9.64 Å². The Labute approximate surface area is 127 Å². The normalized spacial score (nSPS) is 16.1. The van der Waals surface area contributed by atoms with Crippen LogP contribution in [0.15, 0.2) is 23.6 Å². The van der Waals surface area contributed by atoms with Crippen LogP contribution in [0.2, 0.25) is 0 Å². The van der Waals surface area contributed by atoms with Gasteiger partial charge in [-0.3, -0.25) is 0 Å². The Bertz CT molecular complexity index is 683. The molecule has 1 fully saturated rings. The van der Waals surface area contributed by atoms with Crippen LogP contribution < -0.4 is 0 Å². The molecule has 1 aliphatic heterocycles. The molecule has 21 heavy (non-hydrogen) atoms. The van der Waals surface area contributed by atoms with Crippen LogP contribution in [0.1, 0.15) is 32.3 Å². The Morgan fingerprint density at radius 1 is 1.38 bits per heavy atom. The van der Waals surface area contributed by atoms with Gasteiger partial charge in [0.15, 0.2) is 0 Å². The summed E-state index contributed by atoms with van der Waals surface area (Å²) in [5, 5.41) is 3.16. The zero-order valence-electron chi connectivity index (χ0n) is 12.4. The predicted octanol–water partition coefficient (Wildman–Crippen LogP) is 4.37. The second-order valence-corrected chi connectivity index (χ2v) is 7.33. The maximum Gasteiger partial charge on any atom is 0.410 e. The number of fused-ring (bicyclic) bond motifs is 1. The Balaban J connectivity index is 1.69. The van der Waals surface area contributed by atoms with E-state index >= 15 is 0 Å². The van der Waals surface area contributed by atoms with Gasteiger partial charge >= 0.3 is 6.09 Å². The van der Waals surface area contributed by atoms with Crippen LogP contribution in [-0.2, 0) is 4.74 Å². The molecule has 0 unspecified atom stereocenters. The van der Waals surface area contributed by atoms with Gasteiger partial charge in [-0.15, -0.1) is 11.3 Å². The van der Waals surface area contributed by atoms with Gasteiger partial charge in [-0.2, -0.15) is 0 Å². The maximum absolute atomic E-state index is 13.2. The van der Waals surface area contributed by atoms with Crippen LogP contribution in [0.3, 0.4) is 0 Å². The van der Waals surface area contributed by atoms with Gasteiger partial charge in [-0.1, -0.05) is 6.07 Å². The number of nitrogens with zero attached hydrogens (tertiary/aromatic N) is 1.